The Morgan fingerprint density at radius 3 is 2.75 bits per heavy atom. The summed E-state index contributed by atoms with van der Waals surface area (Å²) >= 11 is 0. The topological polar surface area (TPSA) is 119 Å². The van der Waals surface area contributed by atoms with Crippen LogP contribution in [0.2, 0.25) is 0 Å². The lowest BCUT2D eigenvalue weighted by molar-refractivity contribution is -0.385. The predicted octanol–water partition coefficient (Wildman–Crippen LogP) is 0.734. The number of carboxylic acid groups (broad SMARTS) is 1. The molecular weight excluding hydrogens is 268 g/mol. The summed E-state index contributed by atoms with van der Waals surface area (Å²) in [5.74, 6) is -1.57. The summed E-state index contributed by atoms with van der Waals surface area (Å²) in [7, 11) is 0. The highest BCUT2D eigenvalue weighted by atomic mass is 16.6. The lowest BCUT2D eigenvalue weighted by Crippen LogP contribution is -2.28. The molecule has 0 heterocycles. The zero-order valence-electron chi connectivity index (χ0n) is 10.8. The predicted molar refractivity (Wildman–Crippen MR) is 68.6 cm³/mol. The van der Waals surface area contributed by atoms with Gasteiger partial charge < -0.3 is 15.2 Å². The van der Waals surface area contributed by atoms with Crippen LogP contribution in [0.25, 0.3) is 0 Å². The Balaban J connectivity index is 2.53. The number of benzene rings is 1. The number of hydrogen-bond donors (Lipinski definition) is 2. The maximum Gasteiger partial charge on any atom is 0.329 e. The van der Waals surface area contributed by atoms with E-state index >= 15 is 0 Å². The number of carbonyl (C=O) groups is 2. The van der Waals surface area contributed by atoms with Gasteiger partial charge in [-0.1, -0.05) is 6.07 Å². The second-order valence-corrected chi connectivity index (χ2v) is 3.96. The molecule has 1 aromatic carbocycles. The van der Waals surface area contributed by atoms with Gasteiger partial charge in [0, 0.05) is 23.7 Å². The fraction of sp³-hybridized carbons (Fsp3) is 0.333. The van der Waals surface area contributed by atoms with Crippen LogP contribution in [0, 0.1) is 17.0 Å². The molecule has 1 aromatic rings. The first kappa shape index (κ1) is 15.6. The molecule has 0 fully saturated rings. The minimum absolute atomic E-state index is 0.0476. The molecule has 20 heavy (non-hydrogen) atoms. The zero-order valence-corrected chi connectivity index (χ0v) is 10.8. The molecule has 108 valence electrons. The highest BCUT2D eigenvalue weighted by molar-refractivity contribution is 5.94. The zero-order chi connectivity index (χ0) is 15.1. The number of amides is 1. The number of hydrogen-bond acceptors (Lipinski definition) is 5. The quantitative estimate of drug-likeness (QED) is 0.432. The maximum atomic E-state index is 11.7. The normalized spacial score (nSPS) is 10.1. The molecule has 0 saturated heterocycles. The smallest absolute Gasteiger partial charge is 0.329 e. The molecule has 1 rings (SSSR count). The number of nitrogens with one attached hydrogen (secondary N) is 1. The van der Waals surface area contributed by atoms with Gasteiger partial charge >= 0.3 is 5.97 Å². The van der Waals surface area contributed by atoms with Crippen LogP contribution in [-0.4, -0.2) is 41.7 Å². The van der Waals surface area contributed by atoms with E-state index in [0.29, 0.717) is 5.56 Å². The van der Waals surface area contributed by atoms with Crippen LogP contribution in [0.15, 0.2) is 18.2 Å². The SMILES string of the molecule is Cc1ccc(C(=O)NCCOCC(=O)O)cc1[N+](=O)[O-]. The molecule has 0 spiro atoms. The molecule has 0 aliphatic rings. The molecule has 0 aromatic heterocycles. The summed E-state index contributed by atoms with van der Waals surface area (Å²) < 4.78 is 4.74. The van der Waals surface area contributed by atoms with E-state index in [1.807, 2.05) is 0 Å². The second-order valence-electron chi connectivity index (χ2n) is 3.96. The molecule has 0 bridgehead atoms. The number of carbonyl (C=O) groups excluding carboxylic acids is 1. The van der Waals surface area contributed by atoms with Crippen molar-refractivity contribution in [2.45, 2.75) is 6.92 Å². The van der Waals surface area contributed by atoms with E-state index in [4.69, 9.17) is 9.84 Å². The lowest BCUT2D eigenvalue weighted by Gasteiger charge is -2.06. The number of nitrogens with zero attached hydrogens (tertiary/aromatic N) is 1. The first-order valence-corrected chi connectivity index (χ1v) is 5.74. The van der Waals surface area contributed by atoms with E-state index in [1.54, 1.807) is 6.92 Å². The molecule has 8 heteroatoms. The largest absolute Gasteiger partial charge is 0.480 e. The molecule has 8 nitrogen and oxygen atoms in total. The van der Waals surface area contributed by atoms with E-state index in [1.165, 1.54) is 18.2 Å². The van der Waals surface area contributed by atoms with Crippen molar-refractivity contribution in [1.29, 1.82) is 0 Å². The van der Waals surface area contributed by atoms with Crippen molar-refractivity contribution in [3.05, 3.63) is 39.4 Å². The summed E-state index contributed by atoms with van der Waals surface area (Å²) in [6, 6.07) is 4.17. The third-order valence-electron chi connectivity index (χ3n) is 2.43. The average Bonchev–Trinajstić information content (AvgIpc) is 2.37. The molecule has 1 amide bonds. The summed E-state index contributed by atoms with van der Waals surface area (Å²) in [5.41, 5.74) is 0.511. The number of nitro groups is 1. The number of aryl methyl sites for hydroxylation is 1. The molecule has 2 N–H and O–H groups in total. The maximum absolute atomic E-state index is 11.7. The van der Waals surface area contributed by atoms with E-state index < -0.39 is 23.4 Å². The van der Waals surface area contributed by atoms with Gasteiger partial charge in [0.2, 0.25) is 0 Å². The summed E-state index contributed by atoms with van der Waals surface area (Å²) in [6.07, 6.45) is 0. The fourth-order valence-electron chi connectivity index (χ4n) is 1.45. The van der Waals surface area contributed by atoms with Crippen molar-refractivity contribution in [3.8, 4) is 0 Å². The van der Waals surface area contributed by atoms with Crippen LogP contribution in [0.3, 0.4) is 0 Å². The number of ether oxygens (including phenoxy) is 1. The first-order valence-electron chi connectivity index (χ1n) is 5.74. The monoisotopic (exact) mass is 282 g/mol. The molecule has 0 aliphatic carbocycles. The Morgan fingerprint density at radius 1 is 1.45 bits per heavy atom. The van der Waals surface area contributed by atoms with Gasteiger partial charge in [-0.2, -0.15) is 0 Å². The van der Waals surface area contributed by atoms with Gasteiger partial charge in [-0.3, -0.25) is 14.9 Å². The van der Waals surface area contributed by atoms with Crippen molar-refractivity contribution in [1.82, 2.24) is 5.32 Å². The highest BCUT2D eigenvalue weighted by Crippen LogP contribution is 2.18. The van der Waals surface area contributed by atoms with Crippen LogP contribution < -0.4 is 5.32 Å². The van der Waals surface area contributed by atoms with Gasteiger partial charge in [-0.25, -0.2) is 4.79 Å². The molecule has 0 aliphatic heterocycles. The van der Waals surface area contributed by atoms with Crippen LogP contribution >= 0.6 is 0 Å². The summed E-state index contributed by atoms with van der Waals surface area (Å²) in [5, 5.41) is 21.6. The Bertz CT molecular complexity index is 529. The van der Waals surface area contributed by atoms with Gasteiger partial charge in [0.05, 0.1) is 11.5 Å². The fourth-order valence-corrected chi connectivity index (χ4v) is 1.45. The average molecular weight is 282 g/mol. The third-order valence-corrected chi connectivity index (χ3v) is 2.43. The number of carboxylic acids is 1. The van der Waals surface area contributed by atoms with E-state index in [0.717, 1.165) is 0 Å². The number of rotatable bonds is 7. The van der Waals surface area contributed by atoms with Gasteiger partial charge in [-0.15, -0.1) is 0 Å². The van der Waals surface area contributed by atoms with Crippen molar-refractivity contribution in [2.24, 2.45) is 0 Å². The van der Waals surface area contributed by atoms with E-state index in [-0.39, 0.29) is 24.4 Å². The van der Waals surface area contributed by atoms with Gasteiger partial charge in [0.25, 0.3) is 11.6 Å². The Morgan fingerprint density at radius 2 is 2.15 bits per heavy atom. The molecule has 0 atom stereocenters. The molecular formula is C12H14N2O6. The van der Waals surface area contributed by atoms with Gasteiger partial charge in [-0.05, 0) is 13.0 Å². The second kappa shape index (κ2) is 7.19. The van der Waals surface area contributed by atoms with E-state index in [9.17, 15) is 19.7 Å². The van der Waals surface area contributed by atoms with Crippen LogP contribution in [-0.2, 0) is 9.53 Å². The first-order chi connectivity index (χ1) is 9.41. The number of aliphatic carboxylic acids is 1. The summed E-state index contributed by atoms with van der Waals surface area (Å²) in [4.78, 5) is 32.1. The van der Waals surface area contributed by atoms with Crippen molar-refractivity contribution in [2.75, 3.05) is 19.8 Å². The summed E-state index contributed by atoms with van der Waals surface area (Å²) in [6.45, 7) is 1.31. The van der Waals surface area contributed by atoms with Crippen molar-refractivity contribution >= 4 is 17.6 Å². The van der Waals surface area contributed by atoms with Crippen molar-refractivity contribution < 1.29 is 24.4 Å². The molecule has 0 unspecified atom stereocenters. The lowest BCUT2D eigenvalue weighted by atomic mass is 10.1. The van der Waals surface area contributed by atoms with Gasteiger partial charge in [0.15, 0.2) is 0 Å². The number of nitro benzene ring substituents is 1. The highest BCUT2D eigenvalue weighted by Gasteiger charge is 2.14. The minimum Gasteiger partial charge on any atom is -0.480 e. The Hall–Kier alpha value is -2.48. The Labute approximate surface area is 114 Å². The van der Waals surface area contributed by atoms with E-state index in [2.05, 4.69) is 5.32 Å². The van der Waals surface area contributed by atoms with Crippen LogP contribution in [0.1, 0.15) is 15.9 Å². The Kier molecular flexibility index (Phi) is 5.60. The van der Waals surface area contributed by atoms with Crippen LogP contribution in [0.5, 0.6) is 0 Å². The molecule has 0 radical (unpaired) electrons. The van der Waals surface area contributed by atoms with Crippen LogP contribution in [0.4, 0.5) is 5.69 Å². The third kappa shape index (κ3) is 4.65. The van der Waals surface area contributed by atoms with Gasteiger partial charge in [0.1, 0.15) is 6.61 Å². The molecule has 0 saturated carbocycles. The standard InChI is InChI=1S/C12H14N2O6/c1-8-2-3-9(6-10(8)14(18)19)12(17)13-4-5-20-7-11(15)16/h2-3,6H,4-5,7H2,1H3,(H,13,17)(H,15,16). The minimum atomic E-state index is -1.09. The van der Waals surface area contributed by atoms with Crippen molar-refractivity contribution in [3.63, 3.8) is 0 Å².